The molecular weight excluding hydrogens is 406 g/mol. The molecule has 3 aromatic rings. The molecule has 0 aliphatic carbocycles. The number of rotatable bonds is 11. The Morgan fingerprint density at radius 2 is 1.87 bits per heavy atom. The number of carbonyl (C=O) groups excluding carboxylic acids is 1. The minimum absolute atomic E-state index is 0.110. The van der Waals surface area contributed by atoms with Crippen molar-refractivity contribution < 1.29 is 23.4 Å². The summed E-state index contributed by atoms with van der Waals surface area (Å²) in [6.07, 6.45) is 0.679. The summed E-state index contributed by atoms with van der Waals surface area (Å²) in [5.74, 6) is 2.50. The predicted octanol–water partition coefficient (Wildman–Crippen LogP) is 3.12. The minimum atomic E-state index is -0.110. The van der Waals surface area contributed by atoms with Crippen LogP contribution in [0.3, 0.4) is 0 Å². The number of nitrogens with one attached hydrogen (secondary N) is 1. The molecule has 1 heterocycles. The third-order valence-electron chi connectivity index (χ3n) is 4.06. The summed E-state index contributed by atoms with van der Waals surface area (Å²) in [5.41, 5.74) is 1.04. The van der Waals surface area contributed by atoms with Crippen LogP contribution in [-0.4, -0.2) is 42.6 Å². The number of nitrogens with zero attached hydrogens (tertiary/aromatic N) is 2. The minimum Gasteiger partial charge on any atom is -0.493 e. The van der Waals surface area contributed by atoms with E-state index in [9.17, 15) is 4.79 Å². The van der Waals surface area contributed by atoms with Crippen LogP contribution in [-0.2, 0) is 17.8 Å². The van der Waals surface area contributed by atoms with E-state index in [1.54, 1.807) is 14.2 Å². The molecule has 3 rings (SSSR count). The van der Waals surface area contributed by atoms with E-state index in [-0.39, 0.29) is 18.3 Å². The summed E-state index contributed by atoms with van der Waals surface area (Å²) in [7, 11) is 3.19. The predicted molar refractivity (Wildman–Crippen MR) is 112 cm³/mol. The molecule has 158 valence electrons. The average Bonchev–Trinajstić information content (AvgIpc) is 3.25. The quantitative estimate of drug-likeness (QED) is 0.465. The molecule has 0 aliphatic heterocycles. The van der Waals surface area contributed by atoms with Crippen LogP contribution < -0.4 is 19.5 Å². The van der Waals surface area contributed by atoms with Gasteiger partial charge in [-0.3, -0.25) is 4.79 Å². The lowest BCUT2D eigenvalue weighted by atomic mass is 10.1. The van der Waals surface area contributed by atoms with Crippen molar-refractivity contribution in [2.75, 3.05) is 26.5 Å². The van der Waals surface area contributed by atoms with Crippen LogP contribution >= 0.6 is 11.8 Å². The number of benzene rings is 2. The Morgan fingerprint density at radius 1 is 1.07 bits per heavy atom. The van der Waals surface area contributed by atoms with Crippen LogP contribution in [0.15, 0.2) is 58.2 Å². The Labute approximate surface area is 178 Å². The van der Waals surface area contributed by atoms with E-state index in [0.29, 0.717) is 35.6 Å². The van der Waals surface area contributed by atoms with Gasteiger partial charge in [0.05, 0.1) is 20.0 Å². The molecule has 0 aliphatic rings. The van der Waals surface area contributed by atoms with E-state index in [1.807, 2.05) is 48.5 Å². The maximum Gasteiger partial charge on any atom is 0.277 e. The zero-order chi connectivity index (χ0) is 21.2. The number of amides is 1. The first-order valence-electron chi connectivity index (χ1n) is 9.28. The maximum absolute atomic E-state index is 12.1. The molecule has 8 nitrogen and oxygen atoms in total. The zero-order valence-electron chi connectivity index (χ0n) is 16.8. The second-order valence-electron chi connectivity index (χ2n) is 6.14. The van der Waals surface area contributed by atoms with Gasteiger partial charge < -0.3 is 23.9 Å². The van der Waals surface area contributed by atoms with Crippen molar-refractivity contribution in [3.05, 3.63) is 60.0 Å². The van der Waals surface area contributed by atoms with Crippen molar-refractivity contribution in [2.45, 2.75) is 18.3 Å². The zero-order valence-corrected chi connectivity index (χ0v) is 17.6. The van der Waals surface area contributed by atoms with Crippen molar-refractivity contribution in [1.29, 1.82) is 0 Å². The SMILES string of the molecule is COc1ccc(CCNC(=O)CSc2nnc(COc3ccccc3)o2)cc1OC. The fourth-order valence-corrected chi connectivity index (χ4v) is 3.19. The van der Waals surface area contributed by atoms with Gasteiger partial charge in [0.1, 0.15) is 5.75 Å². The second-order valence-corrected chi connectivity index (χ2v) is 7.07. The van der Waals surface area contributed by atoms with Crippen LogP contribution in [0.1, 0.15) is 11.5 Å². The summed E-state index contributed by atoms with van der Waals surface area (Å²) in [6.45, 7) is 0.684. The topological polar surface area (TPSA) is 95.7 Å². The van der Waals surface area contributed by atoms with Crippen LogP contribution in [0.25, 0.3) is 0 Å². The normalized spacial score (nSPS) is 10.5. The fourth-order valence-electron chi connectivity index (χ4n) is 2.58. The van der Waals surface area contributed by atoms with Crippen LogP contribution in [0, 0.1) is 0 Å². The number of hydrogen-bond donors (Lipinski definition) is 1. The van der Waals surface area contributed by atoms with E-state index < -0.39 is 0 Å². The molecular formula is C21H23N3O5S. The third-order valence-corrected chi connectivity index (χ3v) is 4.88. The first-order valence-corrected chi connectivity index (χ1v) is 10.3. The van der Waals surface area contributed by atoms with E-state index >= 15 is 0 Å². The molecule has 0 saturated carbocycles. The number of aromatic nitrogens is 2. The first kappa shape index (κ1) is 21.5. The molecule has 1 N–H and O–H groups in total. The van der Waals surface area contributed by atoms with Gasteiger partial charge in [-0.2, -0.15) is 0 Å². The fraction of sp³-hybridized carbons (Fsp3) is 0.286. The summed E-state index contributed by atoms with van der Waals surface area (Å²) in [5, 5.41) is 11.1. The Morgan fingerprint density at radius 3 is 2.63 bits per heavy atom. The van der Waals surface area contributed by atoms with Crippen molar-refractivity contribution in [1.82, 2.24) is 15.5 Å². The largest absolute Gasteiger partial charge is 0.493 e. The first-order chi connectivity index (χ1) is 14.7. The summed E-state index contributed by atoms with van der Waals surface area (Å²) in [6, 6.07) is 15.1. The van der Waals surface area contributed by atoms with E-state index in [4.69, 9.17) is 18.6 Å². The van der Waals surface area contributed by atoms with E-state index in [2.05, 4.69) is 15.5 Å². The lowest BCUT2D eigenvalue weighted by molar-refractivity contribution is -0.118. The number of para-hydroxylation sites is 1. The third kappa shape index (κ3) is 6.41. The lowest BCUT2D eigenvalue weighted by Crippen LogP contribution is -2.27. The Balaban J connectivity index is 1.37. The highest BCUT2D eigenvalue weighted by Gasteiger charge is 2.11. The van der Waals surface area contributed by atoms with Gasteiger partial charge in [-0.05, 0) is 36.2 Å². The van der Waals surface area contributed by atoms with Gasteiger partial charge in [0, 0.05) is 6.54 Å². The summed E-state index contributed by atoms with van der Waals surface area (Å²) >= 11 is 1.18. The van der Waals surface area contributed by atoms with Crippen LogP contribution in [0.4, 0.5) is 0 Å². The van der Waals surface area contributed by atoms with Gasteiger partial charge in [-0.25, -0.2) is 0 Å². The van der Waals surface area contributed by atoms with Crippen LogP contribution in [0.5, 0.6) is 17.2 Å². The number of ether oxygens (including phenoxy) is 3. The van der Waals surface area contributed by atoms with Crippen molar-refractivity contribution in [2.24, 2.45) is 0 Å². The van der Waals surface area contributed by atoms with Gasteiger partial charge in [0.25, 0.3) is 11.1 Å². The molecule has 0 atom stereocenters. The number of carbonyl (C=O) groups is 1. The smallest absolute Gasteiger partial charge is 0.277 e. The second kappa shape index (κ2) is 11.1. The van der Waals surface area contributed by atoms with Gasteiger partial charge in [0.2, 0.25) is 5.91 Å². The van der Waals surface area contributed by atoms with Gasteiger partial charge >= 0.3 is 0 Å². The van der Waals surface area contributed by atoms with E-state index in [1.165, 1.54) is 11.8 Å². The number of thioether (sulfide) groups is 1. The molecule has 0 radical (unpaired) electrons. The van der Waals surface area contributed by atoms with Gasteiger partial charge in [-0.15, -0.1) is 10.2 Å². The average molecular weight is 429 g/mol. The summed E-state index contributed by atoms with van der Waals surface area (Å²) < 4.78 is 21.6. The Kier molecular flexibility index (Phi) is 7.96. The maximum atomic E-state index is 12.1. The molecule has 9 heteroatoms. The molecule has 2 aromatic carbocycles. The molecule has 0 unspecified atom stereocenters. The molecule has 1 aromatic heterocycles. The highest BCUT2D eigenvalue weighted by atomic mass is 32.2. The monoisotopic (exact) mass is 429 g/mol. The van der Waals surface area contributed by atoms with Crippen molar-refractivity contribution >= 4 is 17.7 Å². The highest BCUT2D eigenvalue weighted by Crippen LogP contribution is 2.27. The molecule has 0 spiro atoms. The van der Waals surface area contributed by atoms with Crippen molar-refractivity contribution in [3.8, 4) is 17.2 Å². The molecule has 30 heavy (non-hydrogen) atoms. The van der Waals surface area contributed by atoms with E-state index in [0.717, 1.165) is 11.3 Å². The molecule has 0 bridgehead atoms. The molecule has 0 saturated heterocycles. The van der Waals surface area contributed by atoms with Gasteiger partial charge in [0.15, 0.2) is 18.1 Å². The Hall–Kier alpha value is -3.20. The Bertz CT molecular complexity index is 949. The van der Waals surface area contributed by atoms with Gasteiger partial charge in [-0.1, -0.05) is 36.0 Å². The van der Waals surface area contributed by atoms with Crippen LogP contribution in [0.2, 0.25) is 0 Å². The molecule has 1 amide bonds. The number of hydrogen-bond acceptors (Lipinski definition) is 8. The lowest BCUT2D eigenvalue weighted by Gasteiger charge is -2.10. The number of methoxy groups -OCH3 is 2. The highest BCUT2D eigenvalue weighted by molar-refractivity contribution is 7.99. The molecule has 0 fully saturated rings. The van der Waals surface area contributed by atoms with Crippen molar-refractivity contribution in [3.63, 3.8) is 0 Å². The summed E-state index contributed by atoms with van der Waals surface area (Å²) in [4.78, 5) is 12.1. The standard InChI is InChI=1S/C21H23N3O5S/c1-26-17-9-8-15(12-18(17)27-2)10-11-22-19(25)14-30-21-24-23-20(29-21)13-28-16-6-4-3-5-7-16/h3-9,12H,10-11,13-14H2,1-2H3,(H,22,25).